The van der Waals surface area contributed by atoms with Crippen molar-refractivity contribution in [3.05, 3.63) is 42.5 Å². The molecule has 2 aromatic rings. The molecule has 2 N–H and O–H groups in total. The molecule has 0 aromatic heterocycles. The number of hydrogen-bond acceptors (Lipinski definition) is 6. The Hall–Kier alpha value is -2.52. The van der Waals surface area contributed by atoms with E-state index >= 15 is 0 Å². The molecule has 0 bridgehead atoms. The fraction of sp³-hybridized carbons (Fsp3) is 0.300. The van der Waals surface area contributed by atoms with Gasteiger partial charge in [0.1, 0.15) is 5.75 Å². The van der Waals surface area contributed by atoms with E-state index in [9.17, 15) is 18.0 Å². The average molecular weight is 435 g/mol. The van der Waals surface area contributed by atoms with Crippen LogP contribution in [0.5, 0.6) is 5.75 Å². The second-order valence-electron chi connectivity index (χ2n) is 6.56. The summed E-state index contributed by atoms with van der Waals surface area (Å²) >= 11 is 1.36. The summed E-state index contributed by atoms with van der Waals surface area (Å²) < 4.78 is 31.1. The second kappa shape index (κ2) is 8.87. The van der Waals surface area contributed by atoms with E-state index in [2.05, 4.69) is 10.6 Å². The second-order valence-corrected chi connectivity index (χ2v) is 9.94. The van der Waals surface area contributed by atoms with E-state index in [-0.39, 0.29) is 17.2 Å². The Bertz CT molecular complexity index is 1020. The molecule has 3 rings (SSSR count). The molecule has 0 spiro atoms. The highest BCUT2D eigenvalue weighted by molar-refractivity contribution is 8.00. The molecule has 154 valence electrons. The molecule has 1 aliphatic heterocycles. The minimum absolute atomic E-state index is 0.0837. The van der Waals surface area contributed by atoms with Crippen molar-refractivity contribution in [2.75, 3.05) is 23.0 Å². The number of rotatable bonds is 7. The number of thioether (sulfide) groups is 1. The molecule has 0 fully saturated rings. The highest BCUT2D eigenvalue weighted by Gasteiger charge is 2.27. The molecule has 0 saturated heterocycles. The lowest BCUT2D eigenvalue weighted by atomic mass is 10.2. The highest BCUT2D eigenvalue weighted by Crippen LogP contribution is 2.34. The van der Waals surface area contributed by atoms with E-state index in [4.69, 9.17) is 4.74 Å². The third-order valence-corrected chi connectivity index (χ3v) is 7.57. The van der Waals surface area contributed by atoms with Crippen molar-refractivity contribution in [2.45, 2.75) is 35.3 Å². The Morgan fingerprint density at radius 1 is 1.24 bits per heavy atom. The Kier molecular flexibility index (Phi) is 6.49. The number of carbonyl (C=O) groups excluding carboxylic acids is 2. The van der Waals surface area contributed by atoms with Crippen LogP contribution in [0.2, 0.25) is 0 Å². The summed E-state index contributed by atoms with van der Waals surface area (Å²) in [5.41, 5.74) is 1.05. The van der Waals surface area contributed by atoms with Crippen LogP contribution in [0.4, 0.5) is 11.4 Å². The molecule has 2 amide bonds. The molecule has 1 aliphatic rings. The normalized spacial score (nSPS) is 14.5. The molecule has 0 radical (unpaired) electrons. The van der Waals surface area contributed by atoms with Crippen molar-refractivity contribution in [3.63, 3.8) is 0 Å². The predicted molar refractivity (Wildman–Crippen MR) is 113 cm³/mol. The molecule has 1 unspecified atom stereocenters. The smallest absolute Gasteiger partial charge is 0.234 e. The van der Waals surface area contributed by atoms with Crippen LogP contribution >= 0.6 is 11.8 Å². The first-order valence-electron chi connectivity index (χ1n) is 9.13. The number of carbonyl (C=O) groups is 2. The average Bonchev–Trinajstić information content (AvgIpc) is 2.69. The van der Waals surface area contributed by atoms with E-state index in [1.807, 2.05) is 6.92 Å². The zero-order chi connectivity index (χ0) is 21.0. The number of nitrogens with one attached hydrogen (secondary N) is 2. The maximum atomic E-state index is 12.9. The quantitative estimate of drug-likeness (QED) is 0.693. The van der Waals surface area contributed by atoms with Gasteiger partial charge >= 0.3 is 0 Å². The summed E-state index contributed by atoms with van der Waals surface area (Å²) in [4.78, 5) is 24.8. The molecule has 9 heteroatoms. The summed E-state index contributed by atoms with van der Waals surface area (Å²) in [5, 5.41) is 4.47. The number of anilines is 2. The number of benzene rings is 2. The first kappa shape index (κ1) is 21.2. The zero-order valence-electron chi connectivity index (χ0n) is 16.1. The van der Waals surface area contributed by atoms with E-state index in [1.54, 1.807) is 30.3 Å². The molecule has 0 aliphatic carbocycles. The minimum Gasteiger partial charge on any atom is -0.494 e. The van der Waals surface area contributed by atoms with Crippen LogP contribution in [0.1, 0.15) is 20.3 Å². The lowest BCUT2D eigenvalue weighted by molar-refractivity contribution is -0.116. The van der Waals surface area contributed by atoms with Gasteiger partial charge in [0.05, 0.1) is 28.2 Å². The van der Waals surface area contributed by atoms with Gasteiger partial charge in [-0.3, -0.25) is 9.59 Å². The predicted octanol–water partition coefficient (Wildman–Crippen LogP) is 3.32. The molecular weight excluding hydrogens is 412 g/mol. The number of fused-ring (bicyclic) bond motifs is 1. The van der Waals surface area contributed by atoms with Gasteiger partial charge < -0.3 is 15.4 Å². The first-order valence-corrected chi connectivity index (χ1v) is 11.7. The van der Waals surface area contributed by atoms with Crippen LogP contribution < -0.4 is 15.4 Å². The molecule has 0 saturated carbocycles. The maximum Gasteiger partial charge on any atom is 0.234 e. The van der Waals surface area contributed by atoms with Crippen molar-refractivity contribution in [1.29, 1.82) is 0 Å². The third-order valence-electron chi connectivity index (χ3n) is 4.36. The number of amides is 2. The summed E-state index contributed by atoms with van der Waals surface area (Å²) in [6, 6.07) is 11.5. The maximum absolute atomic E-state index is 12.9. The molecule has 29 heavy (non-hydrogen) atoms. The van der Waals surface area contributed by atoms with Gasteiger partial charge in [0, 0.05) is 17.0 Å². The number of ether oxygens (including phenoxy) is 1. The lowest BCUT2D eigenvalue weighted by Gasteiger charge is -2.18. The Balaban J connectivity index is 1.67. The molecule has 1 atom stereocenters. The van der Waals surface area contributed by atoms with Crippen LogP contribution in [0.3, 0.4) is 0 Å². The van der Waals surface area contributed by atoms with Gasteiger partial charge in [-0.15, -0.1) is 11.8 Å². The van der Waals surface area contributed by atoms with Gasteiger partial charge in [-0.05, 0) is 56.3 Å². The van der Waals surface area contributed by atoms with Gasteiger partial charge in [-0.2, -0.15) is 0 Å². The molecule has 2 aromatic carbocycles. The number of sulfone groups is 1. The van der Waals surface area contributed by atoms with Crippen LogP contribution in [-0.2, 0) is 19.4 Å². The van der Waals surface area contributed by atoms with Crippen molar-refractivity contribution >= 4 is 44.8 Å². The zero-order valence-corrected chi connectivity index (χ0v) is 17.7. The first-order chi connectivity index (χ1) is 13.8. The molecular formula is C20H22N2O5S2. The topological polar surface area (TPSA) is 102 Å². The SMILES string of the molecule is CCOc1ccc(NC(=O)CC(C)S(=O)(=O)c2ccc3c(c2)NC(=O)CS3)cc1. The molecule has 7 nitrogen and oxygen atoms in total. The fourth-order valence-electron chi connectivity index (χ4n) is 2.86. The van der Waals surface area contributed by atoms with Crippen molar-refractivity contribution in [1.82, 2.24) is 0 Å². The summed E-state index contributed by atoms with van der Waals surface area (Å²) in [7, 11) is -3.73. The van der Waals surface area contributed by atoms with Crippen molar-refractivity contribution in [3.8, 4) is 5.75 Å². The van der Waals surface area contributed by atoms with Crippen LogP contribution in [0, 0.1) is 0 Å². The van der Waals surface area contributed by atoms with Gasteiger partial charge in [-0.25, -0.2) is 8.42 Å². The highest BCUT2D eigenvalue weighted by atomic mass is 32.2. The van der Waals surface area contributed by atoms with Crippen LogP contribution in [0.15, 0.2) is 52.3 Å². The summed E-state index contributed by atoms with van der Waals surface area (Å²) in [6.45, 7) is 3.93. The van der Waals surface area contributed by atoms with Gasteiger partial charge in [0.25, 0.3) is 0 Å². The summed E-state index contributed by atoms with van der Waals surface area (Å²) in [6.07, 6.45) is -0.187. The van der Waals surface area contributed by atoms with Crippen LogP contribution in [-0.4, -0.2) is 37.8 Å². The van der Waals surface area contributed by atoms with E-state index < -0.39 is 21.0 Å². The number of hydrogen-bond donors (Lipinski definition) is 2. The largest absolute Gasteiger partial charge is 0.494 e. The Labute approximate surface area is 174 Å². The van der Waals surface area contributed by atoms with E-state index in [0.29, 0.717) is 29.5 Å². The van der Waals surface area contributed by atoms with Crippen molar-refractivity contribution < 1.29 is 22.7 Å². The van der Waals surface area contributed by atoms with Crippen molar-refractivity contribution in [2.24, 2.45) is 0 Å². The van der Waals surface area contributed by atoms with Gasteiger partial charge in [0.2, 0.25) is 11.8 Å². The van der Waals surface area contributed by atoms with Gasteiger partial charge in [-0.1, -0.05) is 0 Å². The minimum atomic E-state index is -3.73. The van der Waals surface area contributed by atoms with Crippen LogP contribution in [0.25, 0.3) is 0 Å². The standard InChI is InChI=1S/C20H22N2O5S2/c1-3-27-15-6-4-14(5-7-15)21-19(23)10-13(2)29(25,26)16-8-9-18-17(11-16)22-20(24)12-28-18/h4-9,11,13H,3,10,12H2,1-2H3,(H,21,23)(H,22,24). The fourth-order valence-corrected chi connectivity index (χ4v) is 5.02. The monoisotopic (exact) mass is 434 g/mol. The summed E-state index contributed by atoms with van der Waals surface area (Å²) in [5.74, 6) is 0.437. The Morgan fingerprint density at radius 2 is 1.97 bits per heavy atom. The molecule has 1 heterocycles. The third kappa shape index (κ3) is 5.10. The lowest BCUT2D eigenvalue weighted by Crippen LogP contribution is -2.25. The Morgan fingerprint density at radius 3 is 2.66 bits per heavy atom. The van der Waals surface area contributed by atoms with Gasteiger partial charge in [0.15, 0.2) is 9.84 Å². The van der Waals surface area contributed by atoms with E-state index in [1.165, 1.54) is 30.8 Å². The van der Waals surface area contributed by atoms with E-state index in [0.717, 1.165) is 4.90 Å².